The van der Waals surface area contributed by atoms with Gasteiger partial charge in [0.25, 0.3) is 5.91 Å². The van der Waals surface area contributed by atoms with Gasteiger partial charge in [-0.3, -0.25) is 9.59 Å². The zero-order valence-electron chi connectivity index (χ0n) is 20.3. The monoisotopic (exact) mass is 463 g/mol. The first kappa shape index (κ1) is 24.4. The lowest BCUT2D eigenvalue weighted by atomic mass is 9.95. The van der Waals surface area contributed by atoms with E-state index < -0.39 is 0 Å². The first-order valence-electron chi connectivity index (χ1n) is 12.6. The molecule has 2 aliphatic rings. The van der Waals surface area contributed by atoms with Gasteiger partial charge in [-0.05, 0) is 44.5 Å². The maximum atomic E-state index is 12.8. The normalized spacial score (nSPS) is 18.0. The number of carbonyl (C=O) groups excluding carboxylic acids is 2. The van der Waals surface area contributed by atoms with Crippen LogP contribution in [0.4, 0.5) is 5.82 Å². The van der Waals surface area contributed by atoms with Gasteiger partial charge in [-0.1, -0.05) is 43.5 Å². The van der Waals surface area contributed by atoms with Crippen LogP contribution in [-0.4, -0.2) is 72.3 Å². The fourth-order valence-corrected chi connectivity index (χ4v) is 4.85. The minimum Gasteiger partial charge on any atom is -0.383 e. The van der Waals surface area contributed by atoms with Gasteiger partial charge in [0, 0.05) is 56.0 Å². The Morgan fingerprint density at radius 1 is 1.03 bits per heavy atom. The molecule has 1 saturated heterocycles. The van der Waals surface area contributed by atoms with E-state index >= 15 is 0 Å². The molecule has 0 bridgehead atoms. The molecule has 0 unspecified atom stereocenters. The molecule has 182 valence electrons. The molecule has 2 heterocycles. The van der Waals surface area contributed by atoms with Crippen molar-refractivity contribution in [3.05, 3.63) is 47.7 Å². The van der Waals surface area contributed by atoms with Gasteiger partial charge in [-0.2, -0.15) is 0 Å². The molecule has 1 aliphatic carbocycles. The summed E-state index contributed by atoms with van der Waals surface area (Å²) < 4.78 is 0. The lowest BCUT2D eigenvalue weighted by Crippen LogP contribution is -2.44. The van der Waals surface area contributed by atoms with Crippen LogP contribution >= 0.6 is 0 Å². The highest BCUT2D eigenvalue weighted by Gasteiger charge is 2.19. The van der Waals surface area contributed by atoms with E-state index in [1.807, 2.05) is 24.3 Å². The summed E-state index contributed by atoms with van der Waals surface area (Å²) in [4.78, 5) is 34.5. The second-order valence-corrected chi connectivity index (χ2v) is 9.71. The number of ketones is 1. The second kappa shape index (κ2) is 11.6. The number of piperazine rings is 1. The van der Waals surface area contributed by atoms with Crippen LogP contribution in [0.3, 0.4) is 0 Å². The molecule has 1 aliphatic heterocycles. The molecule has 7 nitrogen and oxygen atoms in total. The number of nitrogens with two attached hydrogens (primary N) is 1. The molecule has 1 aromatic heterocycles. The predicted molar refractivity (Wildman–Crippen MR) is 136 cm³/mol. The number of nitrogens with one attached hydrogen (secondary N) is 1. The Morgan fingerprint density at radius 2 is 1.74 bits per heavy atom. The number of carbonyl (C=O) groups is 2. The van der Waals surface area contributed by atoms with Crippen LogP contribution < -0.4 is 11.1 Å². The summed E-state index contributed by atoms with van der Waals surface area (Å²) in [5.41, 5.74) is 8.88. The number of likely N-dealkylation sites (N-methyl/N-ethyl adjacent to an activating group) is 1. The summed E-state index contributed by atoms with van der Waals surface area (Å²) >= 11 is 0. The van der Waals surface area contributed by atoms with Gasteiger partial charge < -0.3 is 20.9 Å². The molecule has 0 atom stereocenters. The highest BCUT2D eigenvalue weighted by Crippen LogP contribution is 2.24. The van der Waals surface area contributed by atoms with Gasteiger partial charge in [-0.15, -0.1) is 0 Å². The summed E-state index contributed by atoms with van der Waals surface area (Å²) in [6.45, 7) is 5.32. The third-order valence-electron chi connectivity index (χ3n) is 7.12. The third kappa shape index (κ3) is 6.42. The van der Waals surface area contributed by atoms with Gasteiger partial charge in [0.05, 0.1) is 5.56 Å². The number of aromatic nitrogens is 1. The quantitative estimate of drug-likeness (QED) is 0.581. The lowest BCUT2D eigenvalue weighted by molar-refractivity contribution is 0.0926. The Hall–Kier alpha value is -2.77. The first-order chi connectivity index (χ1) is 16.5. The van der Waals surface area contributed by atoms with Crippen molar-refractivity contribution in [3.8, 4) is 11.1 Å². The van der Waals surface area contributed by atoms with Crippen LogP contribution in [-0.2, 0) is 0 Å². The molecule has 1 amide bonds. The average Bonchev–Trinajstić information content (AvgIpc) is 2.86. The number of Topliss-reactive ketones (excluding diaryl/α,β-unsaturated/α-hetero) is 1. The summed E-state index contributed by atoms with van der Waals surface area (Å²) in [6, 6.07) is 9.59. The van der Waals surface area contributed by atoms with Gasteiger partial charge >= 0.3 is 0 Å². The molecule has 4 rings (SSSR count). The van der Waals surface area contributed by atoms with Crippen molar-refractivity contribution in [1.29, 1.82) is 0 Å². The summed E-state index contributed by atoms with van der Waals surface area (Å²) in [5.74, 6) is 0.249. The largest absolute Gasteiger partial charge is 0.383 e. The number of amides is 1. The van der Waals surface area contributed by atoms with Gasteiger partial charge in [-0.25, -0.2) is 4.98 Å². The maximum Gasteiger partial charge on any atom is 0.255 e. The molecule has 1 aromatic carbocycles. The van der Waals surface area contributed by atoms with Crippen molar-refractivity contribution in [2.45, 2.75) is 51.0 Å². The molecule has 0 spiro atoms. The highest BCUT2D eigenvalue weighted by molar-refractivity contribution is 6.00. The Kier molecular flexibility index (Phi) is 8.29. The molecule has 0 radical (unpaired) electrons. The van der Waals surface area contributed by atoms with Crippen LogP contribution in [0.25, 0.3) is 11.1 Å². The first-order valence-corrected chi connectivity index (χ1v) is 12.6. The van der Waals surface area contributed by atoms with Gasteiger partial charge in [0.2, 0.25) is 0 Å². The molecule has 3 N–H and O–H groups in total. The van der Waals surface area contributed by atoms with Crippen molar-refractivity contribution >= 4 is 17.5 Å². The number of nitrogens with zero attached hydrogens (tertiary/aromatic N) is 3. The SMILES string of the molecule is CN1CCN(CCCC(=O)c2ccc(-c3cnc(N)c(C(=O)NC4CCCCC4)c3)cc2)CC1. The number of anilines is 1. The van der Waals surface area contributed by atoms with Crippen molar-refractivity contribution in [2.75, 3.05) is 45.5 Å². The van der Waals surface area contributed by atoms with E-state index in [2.05, 4.69) is 27.1 Å². The number of nitrogen functional groups attached to an aromatic ring is 1. The van der Waals surface area contributed by atoms with E-state index in [0.717, 1.165) is 81.5 Å². The fraction of sp³-hybridized carbons (Fsp3) is 0.519. The molecule has 2 fully saturated rings. The zero-order chi connectivity index (χ0) is 23.9. The van der Waals surface area contributed by atoms with Crippen LogP contribution in [0, 0.1) is 0 Å². The van der Waals surface area contributed by atoms with Crippen LogP contribution in [0.15, 0.2) is 36.5 Å². The molecule has 34 heavy (non-hydrogen) atoms. The fourth-order valence-electron chi connectivity index (χ4n) is 4.85. The van der Waals surface area contributed by atoms with Crippen LogP contribution in [0.1, 0.15) is 65.7 Å². The summed E-state index contributed by atoms with van der Waals surface area (Å²) in [7, 11) is 2.15. The van der Waals surface area contributed by atoms with Crippen molar-refractivity contribution < 1.29 is 9.59 Å². The van der Waals surface area contributed by atoms with Crippen molar-refractivity contribution in [3.63, 3.8) is 0 Å². The minimum atomic E-state index is -0.161. The summed E-state index contributed by atoms with van der Waals surface area (Å²) in [5, 5.41) is 3.11. The van der Waals surface area contributed by atoms with E-state index in [-0.39, 0.29) is 23.6 Å². The topological polar surface area (TPSA) is 91.6 Å². The van der Waals surface area contributed by atoms with E-state index in [1.165, 1.54) is 6.42 Å². The second-order valence-electron chi connectivity index (χ2n) is 9.71. The number of hydrogen-bond acceptors (Lipinski definition) is 6. The number of pyridine rings is 1. The molecular formula is C27H37N5O2. The standard InChI is InChI=1S/C27H37N5O2/c1-31-14-16-32(17-15-31)13-5-8-25(33)21-11-9-20(10-12-21)22-18-24(26(28)29-19-22)27(34)30-23-6-3-2-4-7-23/h9-12,18-19,23H,2-8,13-17H2,1H3,(H2,28,29)(H,30,34). The van der Waals surface area contributed by atoms with Gasteiger partial charge in [0.15, 0.2) is 5.78 Å². The molecule has 1 saturated carbocycles. The molecule has 2 aromatic rings. The average molecular weight is 464 g/mol. The Bertz CT molecular complexity index is 977. The summed E-state index contributed by atoms with van der Waals surface area (Å²) in [6.07, 6.45) is 8.69. The van der Waals surface area contributed by atoms with Crippen LogP contribution in [0.2, 0.25) is 0 Å². The van der Waals surface area contributed by atoms with E-state index in [1.54, 1.807) is 12.3 Å². The van der Waals surface area contributed by atoms with E-state index in [9.17, 15) is 9.59 Å². The maximum absolute atomic E-state index is 12.8. The number of benzene rings is 1. The molecule has 7 heteroatoms. The van der Waals surface area contributed by atoms with Crippen molar-refractivity contribution in [1.82, 2.24) is 20.1 Å². The number of hydrogen-bond donors (Lipinski definition) is 2. The minimum absolute atomic E-state index is 0.161. The van der Waals surface area contributed by atoms with E-state index in [4.69, 9.17) is 5.73 Å². The third-order valence-corrected chi connectivity index (χ3v) is 7.12. The Morgan fingerprint density at radius 3 is 2.44 bits per heavy atom. The molecular weight excluding hydrogens is 426 g/mol. The Balaban J connectivity index is 1.34. The van der Waals surface area contributed by atoms with Gasteiger partial charge in [0.1, 0.15) is 5.82 Å². The highest BCUT2D eigenvalue weighted by atomic mass is 16.1. The predicted octanol–water partition coefficient (Wildman–Crippen LogP) is 3.60. The zero-order valence-corrected chi connectivity index (χ0v) is 20.3. The number of rotatable bonds is 8. The Labute approximate surface area is 202 Å². The van der Waals surface area contributed by atoms with E-state index in [0.29, 0.717) is 12.0 Å². The smallest absolute Gasteiger partial charge is 0.255 e. The van der Waals surface area contributed by atoms with Crippen LogP contribution in [0.5, 0.6) is 0 Å². The van der Waals surface area contributed by atoms with Crippen molar-refractivity contribution in [2.24, 2.45) is 0 Å². The lowest BCUT2D eigenvalue weighted by Gasteiger charge is -2.32.